The monoisotopic (exact) mass is 1900 g/mol. The molecule has 1 unspecified atom stereocenters. The van der Waals surface area contributed by atoms with Crippen molar-refractivity contribution in [2.45, 2.75) is 54.9 Å². The number of carbonyl (C=O) groups is 1. The zero-order valence-electron chi connectivity index (χ0n) is 58.1. The van der Waals surface area contributed by atoms with Crippen LogP contribution in [0.3, 0.4) is 0 Å². The molecule has 0 saturated heterocycles. The largest absolute Gasteiger partial charge is 0 e. The zero-order chi connectivity index (χ0) is 81.8. The second kappa shape index (κ2) is 61.3. The number of hydrazine groups is 2. The smallest absolute Gasteiger partial charge is 0 e. The molecule has 17 N–H and O–H groups in total. The van der Waals surface area contributed by atoms with E-state index in [1.165, 1.54) is 83.7 Å². The molecule has 11 rings (SSSR count). The van der Waals surface area contributed by atoms with Crippen molar-refractivity contribution in [2.24, 2.45) is 16.8 Å². The number of hydrazone groups is 1. The van der Waals surface area contributed by atoms with Crippen LogP contribution >= 0.6 is 68.8 Å². The number of nitrogen functional groups attached to an aromatic ring is 5. The Kier molecular flexibility index (Phi) is 59.1. The Labute approximate surface area is 682 Å². The van der Waals surface area contributed by atoms with Crippen LogP contribution in [0.15, 0.2) is 200 Å². The van der Waals surface area contributed by atoms with Gasteiger partial charge in [0.1, 0.15) is 6.29 Å². The third-order valence-corrected chi connectivity index (χ3v) is 12.6. The number of carbonyl (C=O) groups excluding carboxylic acids is 1. The fraction of sp³-hybridized carbons (Fsp3) is 0.125. The first kappa shape index (κ1) is 107. The Bertz CT molecular complexity index is 4610. The number of aldehydes is 1. The summed E-state index contributed by atoms with van der Waals surface area (Å²) in [5.41, 5.74) is 33.3. The van der Waals surface area contributed by atoms with Gasteiger partial charge in [-0.1, -0.05) is 63.7 Å². The number of hydrogen-bond donors (Lipinski definition) is 12. The van der Waals surface area contributed by atoms with Gasteiger partial charge >= 0.3 is 81.7 Å². The minimum atomic E-state index is -3.04. The van der Waals surface area contributed by atoms with Gasteiger partial charge < -0.3 is 52.7 Å². The van der Waals surface area contributed by atoms with Gasteiger partial charge in [-0.25, -0.2) is 5.26 Å². The van der Waals surface area contributed by atoms with Crippen LogP contribution in [0, 0.1) is 91.6 Å². The van der Waals surface area contributed by atoms with Crippen molar-refractivity contribution in [2.75, 3.05) is 33.5 Å². The van der Waals surface area contributed by atoms with E-state index in [0.29, 0.717) is 40.2 Å². The normalized spacial score (nSPS) is 9.36. The number of hydrogen-bond acceptors (Lipinski definition) is 28. The van der Waals surface area contributed by atoms with Gasteiger partial charge in [-0.15, -0.1) is 24.8 Å². The molecule has 47 heteroatoms. The molecular formula is C64H78Cl6N19O19PSn2. The molecule has 0 bridgehead atoms. The van der Waals surface area contributed by atoms with Crippen molar-refractivity contribution in [1.29, 1.82) is 0 Å². The molecule has 0 aliphatic carbocycles. The van der Waals surface area contributed by atoms with E-state index in [1.54, 1.807) is 91.3 Å². The molecule has 3 heterocycles. The minimum Gasteiger partial charge on any atom is 0 e. The van der Waals surface area contributed by atoms with Crippen molar-refractivity contribution < 1.29 is 60.1 Å². The standard InChI is InChI=1S/C9H11N3O2.2C9H8N2O2.C9H10N2.2C6H7N3O2.2C6H6N2O2.C3H6O.CH4.6ClH.HO4P.2Sn.H2/c1-2-6-10-11-8-4-3-5-9(7-8)12(13)14;1-6-5-10-9-4-7(11(12)13)2-3-8(6)9;1-6-5-10-7-3-2-4-8(9(6)7)11(12)13;1-6-5-11-9-4-7(10)2-3-8(6)9;2*7-8-5-2-1-3-6(4-5)9(10)11;2*7-5-2-1-3-6(4-5)8(9)10;1-2-3-4;;;;;;;;1-4-5(2)3;;;/h3-7,11H,2H2,1H3;2*2-5,10H,1H3;2-5,11H,10H2,1H3;2*1-4,8H,7H2;2*1-4H,7H2;3H,2H2,1H3;1H4;6*1H;1H;;;1H/q;;;;;;;;;;;;;;;;;2*+2;/p-4/b10-6+;;;;;;;;;;;;;;;;;;;. The fourth-order valence-electron chi connectivity index (χ4n) is 7.74. The molecule has 11 aromatic rings. The van der Waals surface area contributed by atoms with E-state index < -0.39 is 75.6 Å². The Morgan fingerprint density at radius 1 is 0.486 bits per heavy atom. The summed E-state index contributed by atoms with van der Waals surface area (Å²) in [5, 5.41) is 86.0. The van der Waals surface area contributed by atoms with Crippen LogP contribution in [-0.4, -0.2) is 105 Å². The van der Waals surface area contributed by atoms with Crippen molar-refractivity contribution in [3.05, 3.63) is 282 Å². The Morgan fingerprint density at radius 3 is 1.14 bits per heavy atom. The Morgan fingerprint density at radius 2 is 0.802 bits per heavy atom. The number of rotatable bonds is 14. The number of halogens is 6. The third-order valence-electron chi connectivity index (χ3n) is 12.4. The zero-order valence-corrected chi connectivity index (χ0v) is 69.3. The number of aryl methyl sites for hydroxylation is 3. The number of H-pyrrole nitrogens is 3. The molecule has 0 aliphatic rings. The fourth-order valence-corrected chi connectivity index (χ4v) is 7.74. The summed E-state index contributed by atoms with van der Waals surface area (Å²) in [6.45, 7) is 9.66. The van der Waals surface area contributed by atoms with Gasteiger partial charge in [0.25, 0.3) is 39.8 Å². The molecule has 1 atom stereocenters. The molecule has 3 aromatic heterocycles. The van der Waals surface area contributed by atoms with E-state index in [4.69, 9.17) is 79.3 Å². The van der Waals surface area contributed by atoms with Crippen LogP contribution in [0.4, 0.5) is 73.9 Å². The maximum atomic E-state index is 10.7. The van der Waals surface area contributed by atoms with Gasteiger partial charge in [0, 0.05) is 150 Å². The van der Waals surface area contributed by atoms with Crippen molar-refractivity contribution in [1.82, 2.24) is 15.0 Å². The topological polar surface area (TPSA) is 615 Å². The van der Waals surface area contributed by atoms with E-state index in [9.17, 15) is 75.6 Å². The Balaban J connectivity index is -0.000000378. The maximum Gasteiger partial charge on any atom is 0 e. The molecule has 0 saturated carbocycles. The average molecular weight is 1900 g/mol. The van der Waals surface area contributed by atoms with E-state index in [1.807, 2.05) is 64.4 Å². The van der Waals surface area contributed by atoms with Crippen LogP contribution in [0.1, 0.15) is 52.2 Å². The molecule has 0 fully saturated rings. The molecule has 38 nitrogen and oxygen atoms in total. The quantitative estimate of drug-likeness (QED) is 0.00554. The molecule has 598 valence electrons. The van der Waals surface area contributed by atoms with Gasteiger partial charge in [0.2, 0.25) is 0 Å². The summed E-state index contributed by atoms with van der Waals surface area (Å²) in [5.74, 6) is 10.1. The minimum absolute atomic E-state index is 0. The molecule has 0 aliphatic heterocycles. The number of nitro benzene ring substituents is 7. The third kappa shape index (κ3) is 44.1. The van der Waals surface area contributed by atoms with Crippen LogP contribution in [-0.2, 0) is 14.0 Å². The summed E-state index contributed by atoms with van der Waals surface area (Å²) in [6, 6.07) is 45.7. The van der Waals surface area contributed by atoms with Gasteiger partial charge in [0.15, 0.2) is 0 Å². The number of benzene rings is 8. The molecular weight excluding hydrogens is 1820 g/mol. The summed E-state index contributed by atoms with van der Waals surface area (Å²) >= 11 is -1.65. The average Bonchev–Trinajstić information content (AvgIpc) is 1.66. The number of nitrogens with one attached hydrogen (secondary N) is 6. The molecule has 8 aromatic carbocycles. The van der Waals surface area contributed by atoms with E-state index in [2.05, 4.69) is 47.9 Å². The first-order chi connectivity index (χ1) is 51.3. The summed E-state index contributed by atoms with van der Waals surface area (Å²) in [4.78, 5) is 96.3. The molecule has 111 heavy (non-hydrogen) atoms. The number of non-ortho nitro benzene ring substituents is 7. The first-order valence-electron chi connectivity index (χ1n) is 29.8. The van der Waals surface area contributed by atoms with Crippen molar-refractivity contribution in [3.63, 3.8) is 0 Å². The van der Waals surface area contributed by atoms with Crippen LogP contribution in [0.5, 0.6) is 0 Å². The number of nitrogens with zero attached hydrogens (tertiary/aromatic N) is 8. The number of nitro groups is 7. The summed E-state index contributed by atoms with van der Waals surface area (Å²) < 4.78 is 11.6. The molecule has 0 spiro atoms. The van der Waals surface area contributed by atoms with Gasteiger partial charge in [-0.3, -0.25) is 87.9 Å². The first-order valence-corrected chi connectivity index (χ1v) is 45.4. The van der Waals surface area contributed by atoms with Crippen LogP contribution in [0.2, 0.25) is 0 Å². The van der Waals surface area contributed by atoms with Crippen LogP contribution in [0.25, 0.3) is 32.7 Å². The number of anilines is 6. The van der Waals surface area contributed by atoms with Crippen molar-refractivity contribution in [3.8, 4) is 0 Å². The summed E-state index contributed by atoms with van der Waals surface area (Å²) in [7, 11) is 16.7. The maximum absolute atomic E-state index is 10.7. The Hall–Kier alpha value is -10.4. The van der Waals surface area contributed by atoms with Gasteiger partial charge in [-0.2, -0.15) is 5.10 Å². The van der Waals surface area contributed by atoms with Crippen molar-refractivity contribution >= 4 is 226 Å². The number of aromatic amines is 3. The predicted molar refractivity (Wildman–Crippen MR) is 445 cm³/mol. The van der Waals surface area contributed by atoms with Crippen LogP contribution < -0.4 is 50.1 Å². The number of nitrogens with two attached hydrogens (primary N) is 5. The van der Waals surface area contributed by atoms with Gasteiger partial charge in [-0.05, 0) is 103 Å². The number of aromatic nitrogens is 3. The SMILES string of the molecule is C.CC/C=N/Nc1cccc([N+](=O)[O-])c1.CCC=O.Cc1c[nH]c2cc(N)ccc12.Cc1c[nH]c2cc([N+](=O)[O-])ccc12.Cc1c[nH]c2cccc([N+](=O)[O-])c12.Cl.Cl.NNc1cccc([N+](=O)[O-])c1.NNc1cccc([N+](=O)[O-])c1.Nc1cccc([N+](=O)[O-])c1.Nc1cccc([N+](=O)[O-])c1.O=[P+]([O-])OO.[Cl][Sn][Cl].[Cl][Sn][Cl].[HH]. The van der Waals surface area contributed by atoms with E-state index in [-0.39, 0.29) is 78.4 Å². The van der Waals surface area contributed by atoms with E-state index >= 15 is 0 Å². The number of fused-ring (bicyclic) bond motifs is 3. The summed E-state index contributed by atoms with van der Waals surface area (Å²) in [6.07, 6.45) is 9.64. The second-order valence-corrected chi connectivity index (χ2v) is 29.0. The second-order valence-electron chi connectivity index (χ2n) is 19.9. The predicted octanol–water partition coefficient (Wildman–Crippen LogP) is 17.2. The van der Waals surface area contributed by atoms with Gasteiger partial charge in [0.05, 0.1) is 67.9 Å². The van der Waals surface area contributed by atoms with E-state index in [0.717, 1.165) is 51.5 Å². The molecule has 0 amide bonds. The molecule has 4 radical (unpaired) electrons.